The molecule has 35 heavy (non-hydrogen) atoms. The monoisotopic (exact) mass is 502 g/mol. The van der Waals surface area contributed by atoms with E-state index in [-0.39, 0.29) is 11.8 Å². The predicted molar refractivity (Wildman–Crippen MR) is 141 cm³/mol. The third-order valence-electron chi connectivity index (χ3n) is 8.06. The number of benzene rings is 1. The number of alkyl halides is 1. The minimum atomic E-state index is -1.17. The van der Waals surface area contributed by atoms with Crippen molar-refractivity contribution in [2.45, 2.75) is 76.1 Å². The molecule has 1 atom stereocenters. The summed E-state index contributed by atoms with van der Waals surface area (Å²) in [5.41, 5.74) is 1.89. The van der Waals surface area contributed by atoms with Crippen LogP contribution >= 0.6 is 11.8 Å². The van der Waals surface area contributed by atoms with E-state index in [9.17, 15) is 9.90 Å². The SMILES string of the molecule is COc1ccc2ncc(C)c([C@@H](F)CCC3(CC(=O)O)CCN(CCSC4CCCC4)CC3)c2c1. The summed E-state index contributed by atoms with van der Waals surface area (Å²) in [7, 11) is 1.60. The fourth-order valence-electron chi connectivity index (χ4n) is 5.90. The predicted octanol–water partition coefficient (Wildman–Crippen LogP) is 6.58. The molecule has 0 amide bonds. The highest BCUT2D eigenvalue weighted by Crippen LogP contribution is 2.43. The quantitative estimate of drug-likeness (QED) is 0.375. The molecule has 2 aliphatic rings. The molecule has 4 rings (SSSR count). The Morgan fingerprint density at radius 1 is 1.31 bits per heavy atom. The summed E-state index contributed by atoms with van der Waals surface area (Å²) in [5.74, 6) is 1.06. The first-order valence-electron chi connectivity index (χ1n) is 13.0. The topological polar surface area (TPSA) is 62.7 Å². The maximum Gasteiger partial charge on any atom is 0.303 e. The summed E-state index contributed by atoms with van der Waals surface area (Å²) >= 11 is 2.11. The fraction of sp³-hybridized carbons (Fsp3) is 0.643. The summed E-state index contributed by atoms with van der Waals surface area (Å²) < 4.78 is 21.1. The van der Waals surface area contributed by atoms with Gasteiger partial charge in [-0.3, -0.25) is 9.78 Å². The summed E-state index contributed by atoms with van der Waals surface area (Å²) in [6, 6.07) is 5.55. The number of aromatic nitrogens is 1. The van der Waals surface area contributed by atoms with Crippen LogP contribution in [0.1, 0.15) is 75.1 Å². The number of carbonyl (C=O) groups is 1. The molecule has 2 fully saturated rings. The van der Waals surface area contributed by atoms with Gasteiger partial charge in [0, 0.05) is 29.1 Å². The van der Waals surface area contributed by atoms with Crippen molar-refractivity contribution in [3.05, 3.63) is 35.5 Å². The van der Waals surface area contributed by atoms with Crippen LogP contribution in [0.15, 0.2) is 24.4 Å². The van der Waals surface area contributed by atoms with Crippen molar-refractivity contribution in [2.75, 3.05) is 32.5 Å². The molecule has 0 unspecified atom stereocenters. The third-order valence-corrected chi connectivity index (χ3v) is 9.42. The maximum atomic E-state index is 15.8. The number of rotatable bonds is 11. The lowest BCUT2D eigenvalue weighted by atomic mass is 9.71. The lowest BCUT2D eigenvalue weighted by molar-refractivity contribution is -0.141. The zero-order chi connectivity index (χ0) is 24.8. The van der Waals surface area contributed by atoms with Gasteiger partial charge in [0.25, 0.3) is 0 Å². The van der Waals surface area contributed by atoms with Crippen LogP contribution in [0.2, 0.25) is 0 Å². The van der Waals surface area contributed by atoms with E-state index >= 15 is 4.39 Å². The minimum absolute atomic E-state index is 0.119. The van der Waals surface area contributed by atoms with Crippen molar-refractivity contribution >= 4 is 28.6 Å². The van der Waals surface area contributed by atoms with E-state index in [1.165, 1.54) is 25.7 Å². The highest BCUT2D eigenvalue weighted by molar-refractivity contribution is 7.99. The summed E-state index contributed by atoms with van der Waals surface area (Å²) in [6.07, 6.45) is 8.69. The van der Waals surface area contributed by atoms with E-state index in [0.29, 0.717) is 24.2 Å². The Morgan fingerprint density at radius 3 is 2.74 bits per heavy atom. The van der Waals surface area contributed by atoms with Gasteiger partial charge < -0.3 is 14.7 Å². The first-order valence-corrected chi connectivity index (χ1v) is 14.1. The summed E-state index contributed by atoms with van der Waals surface area (Å²) in [4.78, 5) is 18.7. The van der Waals surface area contributed by atoms with Crippen LogP contribution in [0.4, 0.5) is 4.39 Å². The van der Waals surface area contributed by atoms with Crippen LogP contribution in [-0.4, -0.2) is 58.7 Å². The van der Waals surface area contributed by atoms with Crippen molar-refractivity contribution in [1.82, 2.24) is 9.88 Å². The standard InChI is InChI=1S/C28H39FN2O3S/c1-20-19-30-25-8-7-21(34-2)17-23(25)27(20)24(29)9-10-28(18-26(32)33)11-13-31(14-12-28)15-16-35-22-5-3-4-6-22/h7-8,17,19,22,24H,3-6,9-16,18H2,1-2H3,(H,32,33)/t24-/m0/s1. The van der Waals surface area contributed by atoms with Gasteiger partial charge in [0.2, 0.25) is 0 Å². The number of hydrogen-bond acceptors (Lipinski definition) is 5. The number of halogens is 1. The minimum Gasteiger partial charge on any atom is -0.497 e. The highest BCUT2D eigenvalue weighted by atomic mass is 32.2. The second-order valence-electron chi connectivity index (χ2n) is 10.4. The fourth-order valence-corrected chi connectivity index (χ4v) is 7.27. The van der Waals surface area contributed by atoms with Crippen molar-refractivity contribution < 1.29 is 19.0 Å². The molecule has 5 nitrogen and oxygen atoms in total. The van der Waals surface area contributed by atoms with Crippen LogP contribution in [-0.2, 0) is 4.79 Å². The molecule has 1 aromatic heterocycles. The van der Waals surface area contributed by atoms with Gasteiger partial charge in [0.05, 0.1) is 19.0 Å². The summed E-state index contributed by atoms with van der Waals surface area (Å²) in [5, 5.41) is 11.3. The van der Waals surface area contributed by atoms with Crippen LogP contribution in [0.5, 0.6) is 5.75 Å². The zero-order valence-corrected chi connectivity index (χ0v) is 21.9. The molecule has 1 saturated carbocycles. The van der Waals surface area contributed by atoms with Crippen molar-refractivity contribution in [3.8, 4) is 5.75 Å². The van der Waals surface area contributed by atoms with E-state index in [1.54, 1.807) is 13.3 Å². The summed E-state index contributed by atoms with van der Waals surface area (Å²) in [6.45, 7) is 4.77. The second-order valence-corrected chi connectivity index (χ2v) is 11.8. The largest absolute Gasteiger partial charge is 0.497 e. The molecule has 0 radical (unpaired) electrons. The molecule has 2 heterocycles. The number of nitrogens with zero attached hydrogens (tertiary/aromatic N) is 2. The van der Waals surface area contributed by atoms with E-state index in [2.05, 4.69) is 21.6 Å². The zero-order valence-electron chi connectivity index (χ0n) is 21.1. The van der Waals surface area contributed by atoms with Crippen LogP contribution in [0, 0.1) is 12.3 Å². The van der Waals surface area contributed by atoms with Gasteiger partial charge in [-0.25, -0.2) is 4.39 Å². The Hall–Kier alpha value is -1.86. The number of pyridine rings is 1. The molecule has 1 N–H and O–H groups in total. The van der Waals surface area contributed by atoms with Crippen LogP contribution < -0.4 is 4.74 Å². The average molecular weight is 503 g/mol. The van der Waals surface area contributed by atoms with Gasteiger partial charge >= 0.3 is 5.97 Å². The Balaban J connectivity index is 1.39. The molecule has 2 aromatic rings. The molecule has 0 bridgehead atoms. The van der Waals surface area contributed by atoms with Gasteiger partial charge in [0.1, 0.15) is 11.9 Å². The second kappa shape index (κ2) is 11.9. The Bertz CT molecular complexity index is 1000. The van der Waals surface area contributed by atoms with Gasteiger partial charge in [-0.05, 0) is 93.3 Å². The maximum absolute atomic E-state index is 15.8. The van der Waals surface area contributed by atoms with Gasteiger partial charge in [0.15, 0.2) is 0 Å². The van der Waals surface area contributed by atoms with Crippen molar-refractivity contribution in [3.63, 3.8) is 0 Å². The number of fused-ring (bicyclic) bond motifs is 1. The first-order chi connectivity index (χ1) is 16.9. The number of methoxy groups -OCH3 is 1. The highest BCUT2D eigenvalue weighted by Gasteiger charge is 2.37. The number of piperidine rings is 1. The van der Waals surface area contributed by atoms with E-state index in [4.69, 9.17) is 4.74 Å². The number of hydrogen-bond donors (Lipinski definition) is 1. The van der Waals surface area contributed by atoms with Gasteiger partial charge in [-0.15, -0.1) is 0 Å². The Morgan fingerprint density at radius 2 is 2.06 bits per heavy atom. The molecule has 1 aliphatic carbocycles. The van der Waals surface area contributed by atoms with Gasteiger partial charge in [-0.1, -0.05) is 12.8 Å². The molecule has 1 aliphatic heterocycles. The number of carboxylic acid groups (broad SMARTS) is 1. The molecule has 7 heteroatoms. The molecular formula is C28H39FN2O3S. The number of ether oxygens (including phenoxy) is 1. The molecule has 192 valence electrons. The van der Waals surface area contributed by atoms with Crippen molar-refractivity contribution in [1.29, 1.82) is 0 Å². The molecular weight excluding hydrogens is 463 g/mol. The van der Waals surface area contributed by atoms with Crippen molar-refractivity contribution in [2.24, 2.45) is 5.41 Å². The molecule has 0 spiro atoms. The number of carboxylic acids is 1. The first kappa shape index (κ1) is 26.2. The number of thioether (sulfide) groups is 1. The Kier molecular flexibility index (Phi) is 8.92. The van der Waals surface area contributed by atoms with Crippen LogP contribution in [0.25, 0.3) is 10.9 Å². The Labute approximate surface area is 212 Å². The molecule has 1 aromatic carbocycles. The average Bonchev–Trinajstić information content (AvgIpc) is 3.36. The lowest BCUT2D eigenvalue weighted by Gasteiger charge is -2.41. The van der Waals surface area contributed by atoms with E-state index in [0.717, 1.165) is 59.9 Å². The van der Waals surface area contributed by atoms with Gasteiger partial charge in [-0.2, -0.15) is 11.8 Å². The van der Waals surface area contributed by atoms with E-state index in [1.807, 2.05) is 25.1 Å². The number of aryl methyl sites for hydroxylation is 1. The number of likely N-dealkylation sites (tertiary alicyclic amines) is 1. The smallest absolute Gasteiger partial charge is 0.303 e. The third kappa shape index (κ3) is 6.67. The molecule has 1 saturated heterocycles. The van der Waals surface area contributed by atoms with E-state index < -0.39 is 12.1 Å². The lowest BCUT2D eigenvalue weighted by Crippen LogP contribution is -2.42. The normalized spacial score (nSPS) is 19.7. The van der Waals surface area contributed by atoms with Crippen LogP contribution in [0.3, 0.4) is 0 Å². The number of aliphatic carboxylic acids is 1.